The second-order valence-electron chi connectivity index (χ2n) is 3.87. The van der Waals surface area contributed by atoms with Crippen LogP contribution in [0.4, 0.5) is 4.39 Å². The zero-order valence-corrected chi connectivity index (χ0v) is 9.20. The van der Waals surface area contributed by atoms with Gasteiger partial charge in [-0.05, 0) is 48.7 Å². The number of aliphatic hydroxyl groups is 1. The third-order valence-electron chi connectivity index (χ3n) is 2.68. The third kappa shape index (κ3) is 1.86. The van der Waals surface area contributed by atoms with Gasteiger partial charge in [-0.15, -0.1) is 0 Å². The number of hydrogen-bond donors (Lipinski definition) is 1. The Morgan fingerprint density at radius 1 is 1.19 bits per heavy atom. The largest absolute Gasteiger partial charge is 0.466 e. The van der Waals surface area contributed by atoms with E-state index in [1.165, 1.54) is 18.4 Å². The summed E-state index contributed by atoms with van der Waals surface area (Å²) in [7, 11) is 0. The van der Waals surface area contributed by atoms with E-state index >= 15 is 0 Å². The quantitative estimate of drug-likeness (QED) is 0.843. The molecule has 0 amide bonds. The SMILES string of the molecule is Cc1cc(F)ccc1C(O)c1occc1C. The van der Waals surface area contributed by atoms with Crippen molar-refractivity contribution < 1.29 is 13.9 Å². The Balaban J connectivity index is 2.41. The molecule has 0 aliphatic heterocycles. The highest BCUT2D eigenvalue weighted by atomic mass is 19.1. The Hall–Kier alpha value is -1.61. The molecule has 1 aromatic heterocycles. The first-order valence-electron chi connectivity index (χ1n) is 5.07. The van der Waals surface area contributed by atoms with Crippen LogP contribution in [0.3, 0.4) is 0 Å². The van der Waals surface area contributed by atoms with Crippen molar-refractivity contribution in [3.8, 4) is 0 Å². The molecule has 1 aromatic carbocycles. The summed E-state index contributed by atoms with van der Waals surface area (Å²) >= 11 is 0. The van der Waals surface area contributed by atoms with Gasteiger partial charge in [0.25, 0.3) is 0 Å². The van der Waals surface area contributed by atoms with Gasteiger partial charge >= 0.3 is 0 Å². The van der Waals surface area contributed by atoms with Crippen molar-refractivity contribution in [3.05, 3.63) is 58.8 Å². The molecule has 2 nitrogen and oxygen atoms in total. The summed E-state index contributed by atoms with van der Waals surface area (Å²) in [6, 6.07) is 6.11. The summed E-state index contributed by atoms with van der Waals surface area (Å²) in [4.78, 5) is 0. The summed E-state index contributed by atoms with van der Waals surface area (Å²) in [5.41, 5.74) is 2.26. The van der Waals surface area contributed by atoms with Crippen LogP contribution < -0.4 is 0 Å². The molecule has 2 rings (SSSR count). The highest BCUT2D eigenvalue weighted by Crippen LogP contribution is 2.27. The molecule has 3 heteroatoms. The molecular weight excluding hydrogens is 207 g/mol. The Morgan fingerprint density at radius 3 is 2.50 bits per heavy atom. The molecule has 1 unspecified atom stereocenters. The zero-order chi connectivity index (χ0) is 11.7. The molecule has 0 spiro atoms. The molecular formula is C13H13FO2. The van der Waals surface area contributed by atoms with Gasteiger partial charge in [0.05, 0.1) is 6.26 Å². The van der Waals surface area contributed by atoms with E-state index in [4.69, 9.17) is 4.42 Å². The van der Waals surface area contributed by atoms with Gasteiger partial charge in [-0.1, -0.05) is 6.07 Å². The van der Waals surface area contributed by atoms with Crippen LogP contribution in [0, 0.1) is 19.7 Å². The molecule has 1 atom stereocenters. The van der Waals surface area contributed by atoms with E-state index in [9.17, 15) is 9.50 Å². The van der Waals surface area contributed by atoms with Gasteiger partial charge in [-0.25, -0.2) is 4.39 Å². The van der Waals surface area contributed by atoms with Crippen molar-refractivity contribution in [1.82, 2.24) is 0 Å². The standard InChI is InChI=1S/C13H13FO2/c1-8-5-6-16-13(8)12(15)11-4-3-10(14)7-9(11)2/h3-7,12,15H,1-2H3. The minimum absolute atomic E-state index is 0.301. The summed E-state index contributed by atoms with van der Waals surface area (Å²) in [6.07, 6.45) is 0.697. The maximum absolute atomic E-state index is 12.9. The first-order chi connectivity index (χ1) is 7.59. The van der Waals surface area contributed by atoms with Crippen molar-refractivity contribution in [2.75, 3.05) is 0 Å². The van der Waals surface area contributed by atoms with Gasteiger partial charge in [-0.3, -0.25) is 0 Å². The van der Waals surface area contributed by atoms with Gasteiger partial charge < -0.3 is 9.52 Å². The Morgan fingerprint density at radius 2 is 1.94 bits per heavy atom. The molecule has 84 valence electrons. The van der Waals surface area contributed by atoms with E-state index < -0.39 is 6.10 Å². The third-order valence-corrected chi connectivity index (χ3v) is 2.68. The fraction of sp³-hybridized carbons (Fsp3) is 0.231. The number of furan rings is 1. The molecule has 1 N–H and O–H groups in total. The minimum Gasteiger partial charge on any atom is -0.466 e. The lowest BCUT2D eigenvalue weighted by molar-refractivity contribution is 0.187. The number of aryl methyl sites for hydroxylation is 2. The topological polar surface area (TPSA) is 33.4 Å². The van der Waals surface area contributed by atoms with E-state index in [0.717, 1.165) is 5.56 Å². The van der Waals surface area contributed by atoms with Crippen LogP contribution in [0.25, 0.3) is 0 Å². The van der Waals surface area contributed by atoms with Crippen LogP contribution in [0.5, 0.6) is 0 Å². The summed E-state index contributed by atoms with van der Waals surface area (Å²) in [5.74, 6) is 0.208. The van der Waals surface area contributed by atoms with E-state index in [0.29, 0.717) is 16.9 Å². The smallest absolute Gasteiger partial charge is 0.139 e. The molecule has 1 heterocycles. The Kier molecular flexibility index (Phi) is 2.79. The number of halogens is 1. The second kappa shape index (κ2) is 4.10. The summed E-state index contributed by atoms with van der Waals surface area (Å²) in [5, 5.41) is 10.1. The second-order valence-corrected chi connectivity index (χ2v) is 3.87. The van der Waals surface area contributed by atoms with Gasteiger partial charge in [0.1, 0.15) is 17.7 Å². The fourth-order valence-corrected chi connectivity index (χ4v) is 1.75. The molecule has 0 aliphatic rings. The highest BCUT2D eigenvalue weighted by Gasteiger charge is 2.18. The van der Waals surface area contributed by atoms with E-state index in [1.54, 1.807) is 19.1 Å². The molecule has 0 aliphatic carbocycles. The number of rotatable bonds is 2. The molecule has 0 radical (unpaired) electrons. The molecule has 0 saturated carbocycles. The average Bonchev–Trinajstić information content (AvgIpc) is 2.63. The average molecular weight is 220 g/mol. The number of benzene rings is 1. The Bertz CT molecular complexity index is 502. The molecule has 0 fully saturated rings. The number of hydrogen-bond acceptors (Lipinski definition) is 2. The van der Waals surface area contributed by atoms with Crippen LogP contribution in [-0.2, 0) is 0 Å². The molecule has 16 heavy (non-hydrogen) atoms. The highest BCUT2D eigenvalue weighted by molar-refractivity contribution is 5.34. The van der Waals surface area contributed by atoms with Crippen molar-refractivity contribution in [2.45, 2.75) is 20.0 Å². The van der Waals surface area contributed by atoms with Crippen molar-refractivity contribution in [2.24, 2.45) is 0 Å². The minimum atomic E-state index is -0.837. The first kappa shape index (κ1) is 10.9. The van der Waals surface area contributed by atoms with Crippen LogP contribution in [0.1, 0.15) is 28.6 Å². The molecule has 0 bridgehead atoms. The zero-order valence-electron chi connectivity index (χ0n) is 9.20. The number of aliphatic hydroxyl groups excluding tert-OH is 1. The normalized spacial score (nSPS) is 12.8. The van der Waals surface area contributed by atoms with Crippen LogP contribution in [0.15, 0.2) is 34.9 Å². The van der Waals surface area contributed by atoms with Gasteiger partial charge in [0.2, 0.25) is 0 Å². The van der Waals surface area contributed by atoms with Crippen molar-refractivity contribution in [1.29, 1.82) is 0 Å². The van der Waals surface area contributed by atoms with E-state index in [-0.39, 0.29) is 5.82 Å². The van der Waals surface area contributed by atoms with Crippen molar-refractivity contribution >= 4 is 0 Å². The maximum Gasteiger partial charge on any atom is 0.139 e. The monoisotopic (exact) mass is 220 g/mol. The summed E-state index contributed by atoms with van der Waals surface area (Å²) in [6.45, 7) is 3.63. The molecule has 0 saturated heterocycles. The molecule has 2 aromatic rings. The van der Waals surface area contributed by atoms with Gasteiger partial charge in [0, 0.05) is 0 Å². The Labute approximate surface area is 93.3 Å². The van der Waals surface area contributed by atoms with Crippen LogP contribution >= 0.6 is 0 Å². The van der Waals surface area contributed by atoms with Crippen LogP contribution in [-0.4, -0.2) is 5.11 Å². The van der Waals surface area contributed by atoms with Crippen molar-refractivity contribution in [3.63, 3.8) is 0 Å². The lowest BCUT2D eigenvalue weighted by Gasteiger charge is -2.12. The van der Waals surface area contributed by atoms with Crippen LogP contribution in [0.2, 0.25) is 0 Å². The maximum atomic E-state index is 12.9. The fourth-order valence-electron chi connectivity index (χ4n) is 1.75. The lowest BCUT2D eigenvalue weighted by Crippen LogP contribution is -2.02. The predicted octanol–water partition coefficient (Wildman–Crippen LogP) is 3.12. The van der Waals surface area contributed by atoms with E-state index in [1.807, 2.05) is 6.92 Å². The lowest BCUT2D eigenvalue weighted by atomic mass is 10.00. The van der Waals surface area contributed by atoms with Gasteiger partial charge in [0.15, 0.2) is 0 Å². The van der Waals surface area contributed by atoms with E-state index in [2.05, 4.69) is 0 Å². The van der Waals surface area contributed by atoms with Gasteiger partial charge in [-0.2, -0.15) is 0 Å². The predicted molar refractivity (Wildman–Crippen MR) is 58.6 cm³/mol. The summed E-state index contributed by atoms with van der Waals surface area (Å²) < 4.78 is 18.1. The first-order valence-corrected chi connectivity index (χ1v) is 5.07.